The molecule has 1 amide bonds. The lowest BCUT2D eigenvalue weighted by Gasteiger charge is -2.48. The molecule has 0 N–H and O–H groups in total. The molecule has 3 fully saturated rings. The van der Waals surface area contributed by atoms with E-state index in [0.717, 1.165) is 63.4 Å². The molecule has 0 bridgehead atoms. The van der Waals surface area contributed by atoms with Crippen molar-refractivity contribution in [2.45, 2.75) is 58.5 Å². The molecule has 5 heteroatoms. The number of amides is 1. The molecule has 1 unspecified atom stereocenters. The number of likely N-dealkylation sites (tertiary alicyclic amines) is 1. The lowest BCUT2D eigenvalue weighted by Crippen LogP contribution is -2.53. The molecule has 0 aliphatic carbocycles. The number of pyridine rings is 1. The molecule has 1 atom stereocenters. The number of anilines is 1. The summed E-state index contributed by atoms with van der Waals surface area (Å²) in [5, 5.41) is 0. The Bertz CT molecular complexity index is 641. The predicted octanol–water partition coefficient (Wildman–Crippen LogP) is 3.09. The number of hydrogen-bond acceptors (Lipinski definition) is 4. The largest absolute Gasteiger partial charge is 0.376 e. The molecule has 4 rings (SSSR count). The van der Waals surface area contributed by atoms with Crippen LogP contribution in [0, 0.1) is 19.3 Å². The van der Waals surface area contributed by atoms with Crippen LogP contribution in [-0.2, 0) is 9.53 Å². The quantitative estimate of drug-likeness (QED) is 0.834. The third-order valence-electron chi connectivity index (χ3n) is 6.45. The Morgan fingerprint density at radius 3 is 2.58 bits per heavy atom. The van der Waals surface area contributed by atoms with Gasteiger partial charge in [0.05, 0.1) is 6.10 Å². The van der Waals surface area contributed by atoms with Gasteiger partial charge in [-0.1, -0.05) is 0 Å². The summed E-state index contributed by atoms with van der Waals surface area (Å²) in [6.07, 6.45) is 6.60. The molecule has 0 aromatic carbocycles. The minimum Gasteiger partial charge on any atom is -0.376 e. The highest BCUT2D eigenvalue weighted by Crippen LogP contribution is 2.41. The molecule has 3 saturated heterocycles. The summed E-state index contributed by atoms with van der Waals surface area (Å²) < 4.78 is 5.77. The SMILES string of the molecule is Cc1cc(N2CCC3(CCC(=O)N(CC4CCCO4)C3)CC2)cc(C)n1. The predicted molar refractivity (Wildman–Crippen MR) is 102 cm³/mol. The maximum absolute atomic E-state index is 12.4. The standard InChI is InChI=1S/C21H31N3O2/c1-16-12-18(13-17(2)22-16)23-9-7-21(8-10-23)6-5-20(25)24(15-21)14-19-4-3-11-26-19/h12-13,19H,3-11,14-15H2,1-2H3. The minimum absolute atomic E-state index is 0.261. The van der Waals surface area contributed by atoms with Gasteiger partial charge in [-0.15, -0.1) is 0 Å². The van der Waals surface area contributed by atoms with E-state index >= 15 is 0 Å². The lowest BCUT2D eigenvalue weighted by atomic mass is 9.72. The maximum Gasteiger partial charge on any atom is 0.222 e. The average molecular weight is 357 g/mol. The summed E-state index contributed by atoms with van der Waals surface area (Å²) in [6, 6.07) is 4.39. The Morgan fingerprint density at radius 2 is 1.92 bits per heavy atom. The van der Waals surface area contributed by atoms with Crippen LogP contribution in [0.15, 0.2) is 12.1 Å². The summed E-state index contributed by atoms with van der Waals surface area (Å²) in [4.78, 5) is 21.5. The number of aromatic nitrogens is 1. The van der Waals surface area contributed by atoms with Crippen LogP contribution in [0.5, 0.6) is 0 Å². The first-order chi connectivity index (χ1) is 12.5. The monoisotopic (exact) mass is 357 g/mol. The highest BCUT2D eigenvalue weighted by Gasteiger charge is 2.41. The molecule has 142 valence electrons. The van der Waals surface area contributed by atoms with Crippen LogP contribution >= 0.6 is 0 Å². The van der Waals surface area contributed by atoms with E-state index in [1.807, 2.05) is 0 Å². The van der Waals surface area contributed by atoms with Crippen molar-refractivity contribution in [1.29, 1.82) is 0 Å². The van der Waals surface area contributed by atoms with Crippen LogP contribution in [0.2, 0.25) is 0 Å². The van der Waals surface area contributed by atoms with Gasteiger partial charge in [-0.2, -0.15) is 0 Å². The van der Waals surface area contributed by atoms with Crippen molar-refractivity contribution in [2.75, 3.05) is 37.7 Å². The van der Waals surface area contributed by atoms with Crippen LogP contribution in [0.4, 0.5) is 5.69 Å². The average Bonchev–Trinajstić information content (AvgIpc) is 3.11. The van der Waals surface area contributed by atoms with Gasteiger partial charge < -0.3 is 14.5 Å². The Morgan fingerprint density at radius 1 is 1.19 bits per heavy atom. The fourth-order valence-corrected chi connectivity index (χ4v) is 4.95. The van der Waals surface area contributed by atoms with Gasteiger partial charge in [0.15, 0.2) is 0 Å². The molecule has 1 aromatic rings. The molecule has 5 nitrogen and oxygen atoms in total. The van der Waals surface area contributed by atoms with Crippen LogP contribution in [0.3, 0.4) is 0 Å². The summed E-state index contributed by atoms with van der Waals surface area (Å²) in [5.74, 6) is 0.328. The van der Waals surface area contributed by atoms with Crippen LogP contribution < -0.4 is 4.90 Å². The summed E-state index contributed by atoms with van der Waals surface area (Å²) in [5.41, 5.74) is 3.78. The Balaban J connectivity index is 1.39. The third kappa shape index (κ3) is 3.73. The van der Waals surface area contributed by atoms with Crippen LogP contribution in [0.1, 0.15) is 49.9 Å². The molecule has 26 heavy (non-hydrogen) atoms. The van der Waals surface area contributed by atoms with Gasteiger partial charge in [0.2, 0.25) is 5.91 Å². The molecule has 0 radical (unpaired) electrons. The van der Waals surface area contributed by atoms with E-state index in [-0.39, 0.29) is 6.10 Å². The van der Waals surface area contributed by atoms with Crippen molar-refractivity contribution in [3.8, 4) is 0 Å². The Hall–Kier alpha value is -1.62. The third-order valence-corrected chi connectivity index (χ3v) is 6.45. The van der Waals surface area contributed by atoms with Gasteiger partial charge in [0, 0.05) is 56.3 Å². The molecule has 3 aliphatic heterocycles. The second-order valence-electron chi connectivity index (χ2n) is 8.50. The first-order valence-corrected chi connectivity index (χ1v) is 10.1. The second-order valence-corrected chi connectivity index (χ2v) is 8.50. The van der Waals surface area contributed by atoms with E-state index < -0.39 is 0 Å². The van der Waals surface area contributed by atoms with Gasteiger partial charge >= 0.3 is 0 Å². The topological polar surface area (TPSA) is 45.7 Å². The van der Waals surface area contributed by atoms with Gasteiger partial charge in [0.25, 0.3) is 0 Å². The van der Waals surface area contributed by atoms with Gasteiger partial charge in [-0.3, -0.25) is 9.78 Å². The normalized spacial score (nSPS) is 25.9. The minimum atomic E-state index is 0.261. The van der Waals surface area contributed by atoms with Crippen molar-refractivity contribution < 1.29 is 9.53 Å². The van der Waals surface area contributed by atoms with E-state index in [0.29, 0.717) is 17.7 Å². The van der Waals surface area contributed by atoms with Gasteiger partial charge in [-0.25, -0.2) is 0 Å². The molecule has 4 heterocycles. The van der Waals surface area contributed by atoms with E-state index in [9.17, 15) is 4.79 Å². The van der Waals surface area contributed by atoms with E-state index in [2.05, 4.69) is 40.8 Å². The number of ether oxygens (including phenoxy) is 1. The van der Waals surface area contributed by atoms with Crippen molar-refractivity contribution in [3.63, 3.8) is 0 Å². The number of hydrogen-bond donors (Lipinski definition) is 0. The fourth-order valence-electron chi connectivity index (χ4n) is 4.95. The fraction of sp³-hybridized carbons (Fsp3) is 0.714. The van der Waals surface area contributed by atoms with Crippen LogP contribution in [0.25, 0.3) is 0 Å². The molecule has 1 aromatic heterocycles. The number of nitrogens with zero attached hydrogens (tertiary/aromatic N) is 3. The number of rotatable bonds is 3. The summed E-state index contributed by atoms with van der Waals surface area (Å²) in [7, 11) is 0. The molecular formula is C21H31N3O2. The lowest BCUT2D eigenvalue weighted by molar-refractivity contribution is -0.140. The molecule has 1 spiro atoms. The first-order valence-electron chi connectivity index (χ1n) is 10.1. The highest BCUT2D eigenvalue weighted by molar-refractivity contribution is 5.77. The molecule has 0 saturated carbocycles. The Kier molecular flexibility index (Phi) is 4.91. The summed E-state index contributed by atoms with van der Waals surface area (Å²) >= 11 is 0. The number of carbonyl (C=O) groups excluding carboxylic acids is 1. The smallest absolute Gasteiger partial charge is 0.222 e. The van der Waals surface area contributed by atoms with Crippen molar-refractivity contribution in [3.05, 3.63) is 23.5 Å². The first kappa shape index (κ1) is 17.8. The second kappa shape index (κ2) is 7.18. The highest BCUT2D eigenvalue weighted by atomic mass is 16.5. The zero-order valence-corrected chi connectivity index (χ0v) is 16.2. The van der Waals surface area contributed by atoms with Crippen molar-refractivity contribution in [2.24, 2.45) is 5.41 Å². The van der Waals surface area contributed by atoms with E-state index in [4.69, 9.17) is 4.74 Å². The van der Waals surface area contributed by atoms with Crippen molar-refractivity contribution >= 4 is 11.6 Å². The van der Waals surface area contributed by atoms with Gasteiger partial charge in [0.1, 0.15) is 0 Å². The number of piperidine rings is 2. The zero-order valence-electron chi connectivity index (χ0n) is 16.2. The molecule has 3 aliphatic rings. The Labute approximate surface area is 156 Å². The summed E-state index contributed by atoms with van der Waals surface area (Å²) in [6.45, 7) is 8.86. The van der Waals surface area contributed by atoms with Crippen molar-refractivity contribution in [1.82, 2.24) is 9.88 Å². The van der Waals surface area contributed by atoms with Crippen LogP contribution in [-0.4, -0.2) is 54.7 Å². The van der Waals surface area contributed by atoms with Gasteiger partial charge in [-0.05, 0) is 63.5 Å². The number of carbonyl (C=O) groups is 1. The molecular weight excluding hydrogens is 326 g/mol. The maximum atomic E-state index is 12.4. The van der Waals surface area contributed by atoms with E-state index in [1.54, 1.807) is 0 Å². The number of aryl methyl sites for hydroxylation is 2. The zero-order chi connectivity index (χ0) is 18.1. The van der Waals surface area contributed by atoms with E-state index in [1.165, 1.54) is 18.5 Å².